The van der Waals surface area contributed by atoms with Gasteiger partial charge in [-0.05, 0) is 55.5 Å². The second kappa shape index (κ2) is 10.6. The highest BCUT2D eigenvalue weighted by molar-refractivity contribution is 7.17. The molecule has 2 N–H and O–H groups in total. The van der Waals surface area contributed by atoms with E-state index in [2.05, 4.69) is 10.6 Å². The zero-order valence-electron chi connectivity index (χ0n) is 19.5. The minimum absolute atomic E-state index is 0.0678. The molecule has 0 aliphatic heterocycles. The van der Waals surface area contributed by atoms with Crippen LogP contribution in [-0.2, 0) is 29.2 Å². The number of hydrogen-bond acceptors (Lipinski definition) is 6. The second-order valence-corrected chi connectivity index (χ2v) is 9.20. The van der Waals surface area contributed by atoms with Gasteiger partial charge in [-0.3, -0.25) is 23.5 Å². The van der Waals surface area contributed by atoms with Crippen molar-refractivity contribution in [1.82, 2.24) is 14.5 Å². The number of anilines is 1. The molecule has 0 bridgehead atoms. The number of benzene rings is 1. The van der Waals surface area contributed by atoms with E-state index in [0.29, 0.717) is 28.1 Å². The molecule has 35 heavy (non-hydrogen) atoms. The van der Waals surface area contributed by atoms with Crippen LogP contribution in [0.2, 0.25) is 0 Å². The standard InChI is InChI=1S/C25H26N4O5S/c1-16-7-8-19(17(2)13-16)27-22(31)15-29-20-9-12-35-23(20)24(32)28(25(29)33)10-3-6-21(30)26-14-18-5-4-11-34-18/h4-5,7-9,11-13H,3,6,10,14-15H2,1-2H3,(H,26,30)(H,27,31). The molecule has 182 valence electrons. The molecule has 0 fully saturated rings. The number of rotatable bonds is 9. The number of thiophene rings is 1. The van der Waals surface area contributed by atoms with E-state index in [1.54, 1.807) is 23.6 Å². The van der Waals surface area contributed by atoms with Crippen LogP contribution in [-0.4, -0.2) is 20.9 Å². The lowest BCUT2D eigenvalue weighted by Gasteiger charge is -2.13. The predicted octanol–water partition coefficient (Wildman–Crippen LogP) is 3.17. The fraction of sp³-hybridized carbons (Fsp3) is 0.280. The fourth-order valence-electron chi connectivity index (χ4n) is 3.86. The quantitative estimate of drug-likeness (QED) is 0.371. The van der Waals surface area contributed by atoms with Crippen molar-refractivity contribution in [3.8, 4) is 0 Å². The Hall–Kier alpha value is -3.92. The number of aromatic nitrogens is 2. The van der Waals surface area contributed by atoms with Crippen LogP contribution >= 0.6 is 11.3 Å². The third kappa shape index (κ3) is 5.60. The SMILES string of the molecule is Cc1ccc(NC(=O)Cn2c(=O)n(CCCC(=O)NCc3ccco3)c(=O)c3sccc32)c(C)c1. The van der Waals surface area contributed by atoms with Crippen molar-refractivity contribution >= 4 is 39.1 Å². The maximum atomic E-state index is 13.2. The minimum atomic E-state index is -0.576. The number of carbonyl (C=O) groups is 2. The average molecular weight is 495 g/mol. The van der Waals surface area contributed by atoms with Gasteiger partial charge >= 0.3 is 5.69 Å². The molecule has 0 spiro atoms. The maximum absolute atomic E-state index is 13.2. The summed E-state index contributed by atoms with van der Waals surface area (Å²) in [6, 6.07) is 10.8. The van der Waals surface area contributed by atoms with Gasteiger partial charge in [0, 0.05) is 18.7 Å². The average Bonchev–Trinajstić information content (AvgIpc) is 3.52. The Kier molecular flexibility index (Phi) is 7.31. The summed E-state index contributed by atoms with van der Waals surface area (Å²) in [7, 11) is 0. The van der Waals surface area contributed by atoms with Gasteiger partial charge in [0.2, 0.25) is 11.8 Å². The van der Waals surface area contributed by atoms with Gasteiger partial charge in [0.15, 0.2) is 0 Å². The topological polar surface area (TPSA) is 115 Å². The van der Waals surface area contributed by atoms with E-state index in [9.17, 15) is 19.2 Å². The normalized spacial score (nSPS) is 11.0. The van der Waals surface area contributed by atoms with Gasteiger partial charge in [-0.15, -0.1) is 11.3 Å². The van der Waals surface area contributed by atoms with E-state index < -0.39 is 11.2 Å². The number of furan rings is 1. The van der Waals surface area contributed by atoms with E-state index in [-0.39, 0.29) is 37.9 Å². The van der Waals surface area contributed by atoms with Crippen molar-refractivity contribution in [3.05, 3.63) is 85.8 Å². The van der Waals surface area contributed by atoms with Gasteiger partial charge in [-0.1, -0.05) is 17.7 Å². The number of carbonyl (C=O) groups excluding carboxylic acids is 2. The highest BCUT2D eigenvalue weighted by Crippen LogP contribution is 2.18. The smallest absolute Gasteiger partial charge is 0.332 e. The van der Waals surface area contributed by atoms with Gasteiger partial charge in [0.05, 0.1) is 18.3 Å². The predicted molar refractivity (Wildman–Crippen MR) is 135 cm³/mol. The molecule has 1 aromatic carbocycles. The molecule has 4 aromatic rings. The first-order valence-electron chi connectivity index (χ1n) is 11.2. The molecule has 9 nitrogen and oxygen atoms in total. The van der Waals surface area contributed by atoms with Gasteiger partial charge in [-0.2, -0.15) is 0 Å². The van der Waals surface area contributed by atoms with Crippen molar-refractivity contribution in [2.75, 3.05) is 5.32 Å². The molecule has 2 amide bonds. The fourth-order valence-corrected chi connectivity index (χ4v) is 4.70. The van der Waals surface area contributed by atoms with E-state index in [1.165, 1.54) is 22.2 Å². The Morgan fingerprint density at radius 1 is 1.06 bits per heavy atom. The number of fused-ring (bicyclic) bond motifs is 1. The van der Waals surface area contributed by atoms with E-state index in [0.717, 1.165) is 15.7 Å². The van der Waals surface area contributed by atoms with Gasteiger partial charge in [0.1, 0.15) is 17.0 Å². The second-order valence-electron chi connectivity index (χ2n) is 8.29. The summed E-state index contributed by atoms with van der Waals surface area (Å²) in [5.74, 6) is 0.0635. The van der Waals surface area contributed by atoms with Crippen LogP contribution in [0.4, 0.5) is 5.69 Å². The lowest BCUT2D eigenvalue weighted by Crippen LogP contribution is -2.41. The van der Waals surface area contributed by atoms with Crippen LogP contribution in [0.1, 0.15) is 29.7 Å². The lowest BCUT2D eigenvalue weighted by atomic mass is 10.1. The maximum Gasteiger partial charge on any atom is 0.332 e. The Morgan fingerprint density at radius 2 is 1.89 bits per heavy atom. The third-order valence-electron chi connectivity index (χ3n) is 5.62. The number of aryl methyl sites for hydroxylation is 2. The van der Waals surface area contributed by atoms with Crippen LogP contribution in [0, 0.1) is 13.8 Å². The van der Waals surface area contributed by atoms with E-state index >= 15 is 0 Å². The molecule has 0 aliphatic carbocycles. The monoisotopic (exact) mass is 494 g/mol. The van der Waals surface area contributed by atoms with Gasteiger partial charge < -0.3 is 15.1 Å². The molecule has 0 saturated heterocycles. The molecule has 10 heteroatoms. The zero-order valence-corrected chi connectivity index (χ0v) is 20.3. The van der Waals surface area contributed by atoms with Crippen molar-refractivity contribution < 1.29 is 14.0 Å². The highest BCUT2D eigenvalue weighted by atomic mass is 32.1. The van der Waals surface area contributed by atoms with Crippen LogP contribution in [0.3, 0.4) is 0 Å². The van der Waals surface area contributed by atoms with Crippen molar-refractivity contribution in [1.29, 1.82) is 0 Å². The molecule has 3 heterocycles. The summed E-state index contributed by atoms with van der Waals surface area (Å²) in [6.45, 7) is 3.98. The molecular weight excluding hydrogens is 468 g/mol. The molecular formula is C25H26N4O5S. The van der Waals surface area contributed by atoms with Crippen LogP contribution in [0.25, 0.3) is 10.2 Å². The Balaban J connectivity index is 1.48. The van der Waals surface area contributed by atoms with Crippen LogP contribution < -0.4 is 21.9 Å². The summed E-state index contributed by atoms with van der Waals surface area (Å²) >= 11 is 1.22. The molecule has 3 aromatic heterocycles. The molecule has 0 atom stereocenters. The largest absolute Gasteiger partial charge is 0.467 e. The number of hydrogen-bond donors (Lipinski definition) is 2. The summed E-state index contributed by atoms with van der Waals surface area (Å²) in [5.41, 5.74) is 2.10. The molecule has 0 unspecified atom stereocenters. The molecule has 0 aliphatic rings. The van der Waals surface area contributed by atoms with E-state index in [1.807, 2.05) is 32.0 Å². The number of amides is 2. The van der Waals surface area contributed by atoms with Crippen LogP contribution in [0.5, 0.6) is 0 Å². The summed E-state index contributed by atoms with van der Waals surface area (Å²) in [6.07, 6.45) is 1.97. The first-order chi connectivity index (χ1) is 16.8. The lowest BCUT2D eigenvalue weighted by molar-refractivity contribution is -0.121. The summed E-state index contributed by atoms with van der Waals surface area (Å²) < 4.78 is 7.98. The summed E-state index contributed by atoms with van der Waals surface area (Å²) in [5, 5.41) is 7.30. The third-order valence-corrected chi connectivity index (χ3v) is 6.51. The van der Waals surface area contributed by atoms with Crippen molar-refractivity contribution in [2.45, 2.75) is 46.3 Å². The van der Waals surface area contributed by atoms with Crippen molar-refractivity contribution in [2.24, 2.45) is 0 Å². The zero-order chi connectivity index (χ0) is 24.9. The Labute approximate surface area is 205 Å². The van der Waals surface area contributed by atoms with E-state index in [4.69, 9.17) is 4.42 Å². The molecule has 0 saturated carbocycles. The minimum Gasteiger partial charge on any atom is -0.467 e. The van der Waals surface area contributed by atoms with Crippen molar-refractivity contribution in [3.63, 3.8) is 0 Å². The highest BCUT2D eigenvalue weighted by Gasteiger charge is 2.17. The molecule has 0 radical (unpaired) electrons. The Morgan fingerprint density at radius 3 is 2.63 bits per heavy atom. The molecule has 4 rings (SSSR count). The summed E-state index contributed by atoms with van der Waals surface area (Å²) in [4.78, 5) is 51.0. The number of nitrogens with one attached hydrogen (secondary N) is 2. The first kappa shape index (κ1) is 24.2. The van der Waals surface area contributed by atoms with Crippen LogP contribution in [0.15, 0.2) is 62.0 Å². The first-order valence-corrected chi connectivity index (χ1v) is 12.1. The number of nitrogens with zero attached hydrogens (tertiary/aromatic N) is 2. The Bertz CT molecular complexity index is 1480. The van der Waals surface area contributed by atoms with Gasteiger partial charge in [-0.25, -0.2) is 4.79 Å². The van der Waals surface area contributed by atoms with Gasteiger partial charge in [0.25, 0.3) is 5.56 Å².